The molecule has 9 heteroatoms. The molecule has 0 radical (unpaired) electrons. The van der Waals surface area contributed by atoms with Gasteiger partial charge in [-0.1, -0.05) is 11.6 Å². The second-order valence-electron chi connectivity index (χ2n) is 6.36. The zero-order chi connectivity index (χ0) is 21.4. The van der Waals surface area contributed by atoms with Gasteiger partial charge in [-0.3, -0.25) is 4.72 Å². The molecule has 0 saturated carbocycles. The van der Waals surface area contributed by atoms with Crippen molar-refractivity contribution in [3.63, 3.8) is 0 Å². The summed E-state index contributed by atoms with van der Waals surface area (Å²) < 4.78 is 49.8. The normalized spacial score (nSPS) is 13.0. The standard InChI is InChI=1S/C18H20ClNO4S.C2H6FN/c1-23-16-9-10-18(14-6-4-3-5-13(14)16)25(21,22)20-15-11-12(19)7-8-17(15)24-2;3-1-2-4/h7-11,20H,3-6H2,1-2H3;1-2,4H2. The van der Waals surface area contributed by atoms with Gasteiger partial charge in [0, 0.05) is 11.6 Å². The van der Waals surface area contributed by atoms with E-state index in [4.69, 9.17) is 21.1 Å². The van der Waals surface area contributed by atoms with Crippen molar-refractivity contribution >= 4 is 27.3 Å². The maximum absolute atomic E-state index is 13.0. The van der Waals surface area contributed by atoms with Gasteiger partial charge >= 0.3 is 0 Å². The van der Waals surface area contributed by atoms with E-state index in [1.54, 1.807) is 31.4 Å². The summed E-state index contributed by atoms with van der Waals surface area (Å²) in [6.45, 7) is -0.250. The van der Waals surface area contributed by atoms with Gasteiger partial charge in [-0.2, -0.15) is 0 Å². The Morgan fingerprint density at radius 3 is 2.24 bits per heavy atom. The van der Waals surface area contributed by atoms with E-state index >= 15 is 0 Å². The van der Waals surface area contributed by atoms with Gasteiger partial charge in [-0.25, -0.2) is 12.8 Å². The summed E-state index contributed by atoms with van der Waals surface area (Å²) in [5, 5.41) is 0.426. The molecular weight excluding hydrogens is 419 g/mol. The van der Waals surface area contributed by atoms with Crippen LogP contribution in [0, 0.1) is 0 Å². The lowest BCUT2D eigenvalue weighted by atomic mass is 9.91. The largest absolute Gasteiger partial charge is 0.496 e. The molecule has 160 valence electrons. The van der Waals surface area contributed by atoms with Crippen LogP contribution >= 0.6 is 11.6 Å². The van der Waals surface area contributed by atoms with Gasteiger partial charge in [0.25, 0.3) is 10.0 Å². The highest BCUT2D eigenvalue weighted by molar-refractivity contribution is 7.92. The summed E-state index contributed by atoms with van der Waals surface area (Å²) in [4.78, 5) is 0.282. The molecule has 6 nitrogen and oxygen atoms in total. The number of halogens is 2. The van der Waals surface area contributed by atoms with E-state index in [0.29, 0.717) is 16.5 Å². The monoisotopic (exact) mass is 444 g/mol. The number of nitrogens with two attached hydrogens (primary N) is 1. The molecule has 0 saturated heterocycles. The number of rotatable bonds is 6. The average molecular weight is 445 g/mol. The lowest BCUT2D eigenvalue weighted by Gasteiger charge is -2.22. The van der Waals surface area contributed by atoms with E-state index in [1.807, 2.05) is 0 Å². The van der Waals surface area contributed by atoms with E-state index in [0.717, 1.165) is 42.6 Å². The molecule has 0 spiro atoms. The van der Waals surface area contributed by atoms with Crippen LogP contribution in [0.4, 0.5) is 10.1 Å². The fourth-order valence-corrected chi connectivity index (χ4v) is 4.73. The maximum Gasteiger partial charge on any atom is 0.262 e. The number of benzene rings is 2. The second kappa shape index (κ2) is 10.7. The molecule has 1 aliphatic rings. The van der Waals surface area contributed by atoms with E-state index in [2.05, 4.69) is 10.5 Å². The van der Waals surface area contributed by atoms with Crippen LogP contribution in [0.25, 0.3) is 0 Å². The van der Waals surface area contributed by atoms with Gasteiger partial charge in [0.15, 0.2) is 0 Å². The van der Waals surface area contributed by atoms with Crippen LogP contribution in [0.5, 0.6) is 11.5 Å². The van der Waals surface area contributed by atoms with Crippen LogP contribution in [0.1, 0.15) is 24.0 Å². The van der Waals surface area contributed by atoms with Crippen molar-refractivity contribution in [3.8, 4) is 11.5 Å². The molecule has 3 rings (SSSR count). The van der Waals surface area contributed by atoms with Crippen LogP contribution in [0.3, 0.4) is 0 Å². The molecule has 0 bridgehead atoms. The Morgan fingerprint density at radius 1 is 1.07 bits per heavy atom. The van der Waals surface area contributed by atoms with Crippen molar-refractivity contribution in [2.75, 3.05) is 32.2 Å². The highest BCUT2D eigenvalue weighted by atomic mass is 35.5. The number of ether oxygens (including phenoxy) is 2. The van der Waals surface area contributed by atoms with Crippen molar-refractivity contribution < 1.29 is 22.3 Å². The number of anilines is 1. The van der Waals surface area contributed by atoms with Crippen LogP contribution < -0.4 is 19.9 Å². The number of fused-ring (bicyclic) bond motifs is 1. The van der Waals surface area contributed by atoms with Crippen LogP contribution in [-0.4, -0.2) is 35.9 Å². The number of nitrogens with one attached hydrogen (secondary N) is 1. The van der Waals surface area contributed by atoms with Crippen LogP contribution in [0.15, 0.2) is 35.2 Å². The third-order valence-electron chi connectivity index (χ3n) is 4.47. The van der Waals surface area contributed by atoms with E-state index in [-0.39, 0.29) is 11.4 Å². The molecule has 29 heavy (non-hydrogen) atoms. The van der Waals surface area contributed by atoms with E-state index in [9.17, 15) is 12.8 Å². The Bertz CT molecular complexity index is 936. The SMILES string of the molecule is COc1ccc(Cl)cc1NS(=O)(=O)c1ccc(OC)c2c1CCCC2.NCCF. The fourth-order valence-electron chi connectivity index (χ4n) is 3.20. The number of hydrogen-bond acceptors (Lipinski definition) is 5. The Labute approximate surface area is 176 Å². The minimum Gasteiger partial charge on any atom is -0.496 e. The summed E-state index contributed by atoms with van der Waals surface area (Å²) in [6.07, 6.45) is 3.53. The predicted molar refractivity (Wildman–Crippen MR) is 113 cm³/mol. The Hall–Kier alpha value is -2.03. The van der Waals surface area contributed by atoms with Crippen molar-refractivity contribution in [1.29, 1.82) is 0 Å². The van der Waals surface area contributed by atoms with Crippen molar-refractivity contribution in [3.05, 3.63) is 46.5 Å². The predicted octanol–water partition coefficient (Wildman–Crippen LogP) is 3.95. The van der Waals surface area contributed by atoms with Gasteiger partial charge in [-0.15, -0.1) is 0 Å². The molecule has 0 amide bonds. The molecule has 3 N–H and O–H groups in total. The molecule has 0 aromatic heterocycles. The zero-order valence-electron chi connectivity index (χ0n) is 16.5. The summed E-state index contributed by atoms with van der Waals surface area (Å²) in [7, 11) is -0.686. The van der Waals surface area contributed by atoms with Crippen molar-refractivity contribution in [1.82, 2.24) is 0 Å². The van der Waals surface area contributed by atoms with E-state index < -0.39 is 16.7 Å². The van der Waals surface area contributed by atoms with Gasteiger partial charge < -0.3 is 15.2 Å². The highest BCUT2D eigenvalue weighted by Gasteiger charge is 2.26. The molecule has 0 heterocycles. The Balaban J connectivity index is 0.000000687. The summed E-state index contributed by atoms with van der Waals surface area (Å²) in [6, 6.07) is 8.13. The molecular formula is C20H26ClFN2O4S. The minimum atomic E-state index is -3.77. The van der Waals surface area contributed by atoms with Gasteiger partial charge in [0.1, 0.15) is 18.2 Å². The number of methoxy groups -OCH3 is 2. The molecule has 2 aromatic carbocycles. The molecule has 1 aliphatic carbocycles. The fraction of sp³-hybridized carbons (Fsp3) is 0.400. The summed E-state index contributed by atoms with van der Waals surface area (Å²) in [5.41, 5.74) is 6.78. The Kier molecular flexibility index (Phi) is 8.55. The van der Waals surface area contributed by atoms with Crippen LogP contribution in [0.2, 0.25) is 5.02 Å². The zero-order valence-corrected chi connectivity index (χ0v) is 18.1. The maximum atomic E-state index is 13.0. The first-order chi connectivity index (χ1) is 13.9. The second-order valence-corrected chi connectivity index (χ2v) is 8.45. The molecule has 0 unspecified atom stereocenters. The Morgan fingerprint density at radius 2 is 1.66 bits per heavy atom. The molecule has 2 aromatic rings. The van der Waals surface area contributed by atoms with E-state index in [1.165, 1.54) is 13.2 Å². The van der Waals surface area contributed by atoms with Crippen LogP contribution in [-0.2, 0) is 22.9 Å². The third kappa shape index (κ3) is 5.74. The minimum absolute atomic E-state index is 0.153. The van der Waals surface area contributed by atoms with Gasteiger partial charge in [0.2, 0.25) is 0 Å². The number of alkyl halides is 1. The average Bonchev–Trinajstić information content (AvgIpc) is 2.73. The number of hydrogen-bond donors (Lipinski definition) is 2. The summed E-state index contributed by atoms with van der Waals surface area (Å²) >= 11 is 6.00. The molecule has 0 atom stereocenters. The summed E-state index contributed by atoms with van der Waals surface area (Å²) in [5.74, 6) is 1.16. The third-order valence-corrected chi connectivity index (χ3v) is 6.16. The first-order valence-electron chi connectivity index (χ1n) is 9.19. The van der Waals surface area contributed by atoms with Gasteiger partial charge in [-0.05, 0) is 67.1 Å². The van der Waals surface area contributed by atoms with Crippen molar-refractivity contribution in [2.24, 2.45) is 5.73 Å². The lowest BCUT2D eigenvalue weighted by molar-refractivity contribution is 0.405. The van der Waals surface area contributed by atoms with Gasteiger partial charge in [0.05, 0.1) is 24.8 Å². The number of sulfonamides is 1. The highest BCUT2D eigenvalue weighted by Crippen LogP contribution is 2.36. The first-order valence-corrected chi connectivity index (χ1v) is 11.0. The first kappa shape index (κ1) is 23.3. The smallest absolute Gasteiger partial charge is 0.262 e. The molecule has 0 aliphatic heterocycles. The molecule has 0 fully saturated rings. The quantitative estimate of drug-likeness (QED) is 0.703. The lowest BCUT2D eigenvalue weighted by Crippen LogP contribution is -2.18. The van der Waals surface area contributed by atoms with Crippen molar-refractivity contribution in [2.45, 2.75) is 30.6 Å². The topological polar surface area (TPSA) is 90.6 Å².